The molecule has 0 N–H and O–H groups in total. The Kier molecular flexibility index (Phi) is 3.36. The van der Waals surface area contributed by atoms with Gasteiger partial charge in [0, 0.05) is 24.4 Å². The molecule has 0 radical (unpaired) electrons. The van der Waals surface area contributed by atoms with Crippen LogP contribution in [0.15, 0.2) is 18.2 Å². The molecule has 0 saturated heterocycles. The van der Waals surface area contributed by atoms with Gasteiger partial charge in [-0.2, -0.15) is 0 Å². The molecule has 1 saturated carbocycles. The lowest BCUT2D eigenvalue weighted by atomic mass is 9.96. The third-order valence-corrected chi connectivity index (χ3v) is 4.44. The van der Waals surface area contributed by atoms with Gasteiger partial charge >= 0.3 is 0 Å². The third-order valence-electron chi connectivity index (χ3n) is 4.44. The summed E-state index contributed by atoms with van der Waals surface area (Å²) < 4.78 is 2.13. The summed E-state index contributed by atoms with van der Waals surface area (Å²) in [5, 5.41) is 0. The maximum atomic E-state index is 12.5. The summed E-state index contributed by atoms with van der Waals surface area (Å²) in [5.41, 5.74) is 2.88. The number of ketones is 1. The highest BCUT2D eigenvalue weighted by atomic mass is 16.1. The molecular formula is C17H22N2O. The molecule has 0 spiro atoms. The molecule has 20 heavy (non-hydrogen) atoms. The Bertz CT molecular complexity index is 648. The van der Waals surface area contributed by atoms with Gasteiger partial charge in [0.15, 0.2) is 5.78 Å². The van der Waals surface area contributed by atoms with E-state index in [2.05, 4.69) is 18.4 Å². The molecule has 3 rings (SSSR count). The van der Waals surface area contributed by atoms with Crippen LogP contribution in [0.1, 0.15) is 61.6 Å². The molecule has 1 aliphatic carbocycles. The second-order valence-electron chi connectivity index (χ2n) is 6.23. The van der Waals surface area contributed by atoms with Crippen molar-refractivity contribution in [2.45, 2.75) is 45.4 Å². The third kappa shape index (κ3) is 2.15. The number of Topliss-reactive ketones (excluding diaryl/α,β-unsaturated/α-hetero) is 1. The van der Waals surface area contributed by atoms with Crippen molar-refractivity contribution in [3.8, 4) is 0 Å². The Morgan fingerprint density at radius 2 is 2.00 bits per heavy atom. The second kappa shape index (κ2) is 5.04. The standard InChI is InChI=1S/C17H22N2O/c1-11(2)17-18-14-10-13(8-9-15(14)19(17)3)16(20)12-6-4-5-7-12/h8-12H,4-7H2,1-3H3. The minimum Gasteiger partial charge on any atom is -0.331 e. The first-order valence-electron chi connectivity index (χ1n) is 7.58. The van der Waals surface area contributed by atoms with E-state index >= 15 is 0 Å². The monoisotopic (exact) mass is 270 g/mol. The normalized spacial score (nSPS) is 16.4. The molecule has 1 aliphatic rings. The van der Waals surface area contributed by atoms with Gasteiger partial charge in [-0.1, -0.05) is 26.7 Å². The highest BCUT2D eigenvalue weighted by Crippen LogP contribution is 2.29. The van der Waals surface area contributed by atoms with Crippen LogP contribution in [-0.4, -0.2) is 15.3 Å². The number of nitrogens with zero attached hydrogens (tertiary/aromatic N) is 2. The minimum atomic E-state index is 0.237. The predicted octanol–water partition coefficient (Wildman–Crippen LogP) is 4.07. The lowest BCUT2D eigenvalue weighted by molar-refractivity contribution is 0.0923. The fraction of sp³-hybridized carbons (Fsp3) is 0.529. The van der Waals surface area contributed by atoms with E-state index in [0.29, 0.717) is 11.7 Å². The van der Waals surface area contributed by atoms with Gasteiger partial charge < -0.3 is 4.57 Å². The molecule has 1 aromatic heterocycles. The molecule has 0 unspecified atom stereocenters. The van der Waals surface area contributed by atoms with E-state index in [4.69, 9.17) is 4.98 Å². The molecule has 0 aliphatic heterocycles. The zero-order valence-corrected chi connectivity index (χ0v) is 12.5. The van der Waals surface area contributed by atoms with E-state index in [1.54, 1.807) is 0 Å². The molecule has 3 nitrogen and oxygen atoms in total. The zero-order valence-electron chi connectivity index (χ0n) is 12.5. The van der Waals surface area contributed by atoms with Crippen LogP contribution in [0.25, 0.3) is 11.0 Å². The summed E-state index contributed by atoms with van der Waals surface area (Å²) in [4.78, 5) is 17.2. The van der Waals surface area contributed by atoms with E-state index in [9.17, 15) is 4.79 Å². The van der Waals surface area contributed by atoms with Crippen molar-refractivity contribution in [3.63, 3.8) is 0 Å². The molecule has 1 heterocycles. The van der Waals surface area contributed by atoms with Crippen LogP contribution in [-0.2, 0) is 7.05 Å². The van der Waals surface area contributed by atoms with Gasteiger partial charge in [-0.15, -0.1) is 0 Å². The van der Waals surface area contributed by atoms with Crippen molar-refractivity contribution in [1.82, 2.24) is 9.55 Å². The number of aromatic nitrogens is 2. The average Bonchev–Trinajstić information content (AvgIpc) is 3.06. The summed E-state index contributed by atoms with van der Waals surface area (Å²) >= 11 is 0. The molecule has 3 heteroatoms. The molecule has 1 fully saturated rings. The number of rotatable bonds is 3. The largest absolute Gasteiger partial charge is 0.331 e. The van der Waals surface area contributed by atoms with Crippen molar-refractivity contribution in [3.05, 3.63) is 29.6 Å². The maximum absolute atomic E-state index is 12.5. The van der Waals surface area contributed by atoms with Crippen molar-refractivity contribution >= 4 is 16.8 Å². The molecule has 1 aromatic carbocycles. The highest BCUT2D eigenvalue weighted by molar-refractivity contribution is 6.00. The van der Waals surface area contributed by atoms with E-state index in [1.165, 1.54) is 12.8 Å². The first-order valence-corrected chi connectivity index (χ1v) is 7.58. The minimum absolute atomic E-state index is 0.237. The Labute approximate surface area is 120 Å². The fourth-order valence-corrected chi connectivity index (χ4v) is 3.31. The first kappa shape index (κ1) is 13.3. The van der Waals surface area contributed by atoms with Crippen LogP contribution >= 0.6 is 0 Å². The molecule has 0 amide bonds. The number of hydrogen-bond donors (Lipinski definition) is 0. The Morgan fingerprint density at radius 1 is 1.30 bits per heavy atom. The molecule has 0 atom stereocenters. The van der Waals surface area contributed by atoms with E-state index in [0.717, 1.165) is 35.3 Å². The van der Waals surface area contributed by atoms with Gasteiger partial charge in [0.05, 0.1) is 11.0 Å². The van der Waals surface area contributed by atoms with Crippen LogP contribution in [0.3, 0.4) is 0 Å². The van der Waals surface area contributed by atoms with E-state index < -0.39 is 0 Å². The molecule has 2 aromatic rings. The maximum Gasteiger partial charge on any atom is 0.166 e. The van der Waals surface area contributed by atoms with Crippen molar-refractivity contribution in [2.24, 2.45) is 13.0 Å². The van der Waals surface area contributed by atoms with Crippen molar-refractivity contribution < 1.29 is 4.79 Å². The van der Waals surface area contributed by atoms with Gasteiger partial charge in [0.25, 0.3) is 0 Å². The fourth-order valence-electron chi connectivity index (χ4n) is 3.31. The molecule has 106 valence electrons. The van der Waals surface area contributed by atoms with Gasteiger partial charge in [0.1, 0.15) is 5.82 Å². The number of fused-ring (bicyclic) bond motifs is 1. The Hall–Kier alpha value is -1.64. The summed E-state index contributed by atoms with van der Waals surface area (Å²) in [6, 6.07) is 5.98. The van der Waals surface area contributed by atoms with E-state index in [-0.39, 0.29) is 5.92 Å². The predicted molar refractivity (Wildman–Crippen MR) is 81.1 cm³/mol. The SMILES string of the molecule is CC(C)c1nc2cc(C(=O)C3CCCC3)ccc2n1C. The number of hydrogen-bond acceptors (Lipinski definition) is 2. The average molecular weight is 270 g/mol. The van der Waals surface area contributed by atoms with Crippen LogP contribution in [0.2, 0.25) is 0 Å². The lowest BCUT2D eigenvalue weighted by Crippen LogP contribution is -2.10. The topological polar surface area (TPSA) is 34.9 Å². The molecular weight excluding hydrogens is 248 g/mol. The highest BCUT2D eigenvalue weighted by Gasteiger charge is 2.24. The van der Waals surface area contributed by atoms with Gasteiger partial charge in [-0.05, 0) is 31.0 Å². The smallest absolute Gasteiger partial charge is 0.166 e. The van der Waals surface area contributed by atoms with Gasteiger partial charge in [0.2, 0.25) is 0 Å². The number of carbonyl (C=O) groups is 1. The van der Waals surface area contributed by atoms with Crippen LogP contribution < -0.4 is 0 Å². The first-order chi connectivity index (χ1) is 9.58. The summed E-state index contributed by atoms with van der Waals surface area (Å²) in [6.45, 7) is 4.29. The van der Waals surface area contributed by atoms with Crippen LogP contribution in [0.4, 0.5) is 0 Å². The van der Waals surface area contributed by atoms with E-state index in [1.807, 2.05) is 25.2 Å². The Balaban J connectivity index is 2.00. The quantitative estimate of drug-likeness (QED) is 0.788. The van der Waals surface area contributed by atoms with Crippen LogP contribution in [0.5, 0.6) is 0 Å². The lowest BCUT2D eigenvalue weighted by Gasteiger charge is -2.07. The van der Waals surface area contributed by atoms with Crippen LogP contribution in [0, 0.1) is 5.92 Å². The molecule has 0 bridgehead atoms. The van der Waals surface area contributed by atoms with Crippen molar-refractivity contribution in [1.29, 1.82) is 0 Å². The second-order valence-corrected chi connectivity index (χ2v) is 6.23. The number of aryl methyl sites for hydroxylation is 1. The van der Waals surface area contributed by atoms with Crippen molar-refractivity contribution in [2.75, 3.05) is 0 Å². The number of carbonyl (C=O) groups excluding carboxylic acids is 1. The number of benzene rings is 1. The summed E-state index contributed by atoms with van der Waals surface area (Å²) in [6.07, 6.45) is 4.49. The number of imidazole rings is 1. The van der Waals surface area contributed by atoms with Gasteiger partial charge in [-0.25, -0.2) is 4.98 Å². The summed E-state index contributed by atoms with van der Waals surface area (Å²) in [7, 11) is 2.04. The van der Waals surface area contributed by atoms with Gasteiger partial charge in [-0.3, -0.25) is 4.79 Å². The summed E-state index contributed by atoms with van der Waals surface area (Å²) in [5.74, 6) is 2.01. The zero-order chi connectivity index (χ0) is 14.3. The Morgan fingerprint density at radius 3 is 2.65 bits per heavy atom.